The van der Waals surface area contributed by atoms with Crippen LogP contribution in [0.25, 0.3) is 0 Å². The van der Waals surface area contributed by atoms with Gasteiger partial charge in [0.25, 0.3) is 5.91 Å². The van der Waals surface area contributed by atoms with Gasteiger partial charge in [0.15, 0.2) is 0 Å². The van der Waals surface area contributed by atoms with Gasteiger partial charge < -0.3 is 15.8 Å². The second-order valence-corrected chi connectivity index (χ2v) is 4.95. The molecule has 0 aliphatic rings. The van der Waals surface area contributed by atoms with Gasteiger partial charge in [-0.15, -0.1) is 0 Å². The number of hydrogen-bond donors (Lipinski definition) is 2. The SMILES string of the molecule is COc1ccc(Br)cc1NC(=O)c1ccc(N)c(F)c1. The van der Waals surface area contributed by atoms with Crippen molar-refractivity contribution < 1.29 is 13.9 Å². The molecule has 0 aromatic heterocycles. The molecule has 0 heterocycles. The van der Waals surface area contributed by atoms with Gasteiger partial charge in [-0.25, -0.2) is 4.39 Å². The predicted octanol–water partition coefficient (Wildman–Crippen LogP) is 3.43. The smallest absolute Gasteiger partial charge is 0.255 e. The van der Waals surface area contributed by atoms with Crippen LogP contribution in [0.1, 0.15) is 10.4 Å². The van der Waals surface area contributed by atoms with Crippen molar-refractivity contribution >= 4 is 33.2 Å². The van der Waals surface area contributed by atoms with Crippen molar-refractivity contribution in [1.29, 1.82) is 0 Å². The number of rotatable bonds is 3. The second-order valence-electron chi connectivity index (χ2n) is 4.04. The number of carbonyl (C=O) groups is 1. The van der Waals surface area contributed by atoms with E-state index < -0.39 is 11.7 Å². The molecule has 1 amide bonds. The molecule has 0 fully saturated rings. The third-order valence-corrected chi connectivity index (χ3v) is 3.17. The molecule has 0 saturated heterocycles. The number of anilines is 2. The highest BCUT2D eigenvalue weighted by Crippen LogP contribution is 2.28. The molecule has 3 N–H and O–H groups in total. The molecule has 0 radical (unpaired) electrons. The molecule has 0 aliphatic carbocycles. The summed E-state index contributed by atoms with van der Waals surface area (Å²) >= 11 is 3.31. The molecular formula is C14H12BrFN2O2. The lowest BCUT2D eigenvalue weighted by Crippen LogP contribution is -2.13. The fourth-order valence-electron chi connectivity index (χ4n) is 1.64. The maximum atomic E-state index is 13.4. The van der Waals surface area contributed by atoms with E-state index in [0.717, 1.165) is 10.5 Å². The van der Waals surface area contributed by atoms with Crippen LogP contribution >= 0.6 is 15.9 Å². The molecule has 4 nitrogen and oxygen atoms in total. The first kappa shape index (κ1) is 14.3. The minimum Gasteiger partial charge on any atom is -0.495 e. The number of nitrogens with two attached hydrogens (primary N) is 1. The second kappa shape index (κ2) is 5.92. The zero-order chi connectivity index (χ0) is 14.7. The van der Waals surface area contributed by atoms with Crippen LogP contribution in [0, 0.1) is 5.82 Å². The van der Waals surface area contributed by atoms with E-state index >= 15 is 0 Å². The Labute approximate surface area is 123 Å². The molecule has 6 heteroatoms. The summed E-state index contributed by atoms with van der Waals surface area (Å²) in [6.45, 7) is 0. The maximum absolute atomic E-state index is 13.4. The summed E-state index contributed by atoms with van der Waals surface area (Å²) in [5.41, 5.74) is 6.04. The lowest BCUT2D eigenvalue weighted by atomic mass is 10.2. The van der Waals surface area contributed by atoms with Crippen molar-refractivity contribution in [2.24, 2.45) is 0 Å². The van der Waals surface area contributed by atoms with Crippen LogP contribution in [0.3, 0.4) is 0 Å². The number of methoxy groups -OCH3 is 1. The molecule has 2 rings (SSSR count). The molecule has 0 saturated carbocycles. The highest BCUT2D eigenvalue weighted by atomic mass is 79.9. The van der Waals surface area contributed by atoms with Crippen molar-refractivity contribution in [3.63, 3.8) is 0 Å². The van der Waals surface area contributed by atoms with Gasteiger partial charge in [-0.2, -0.15) is 0 Å². The fraction of sp³-hybridized carbons (Fsp3) is 0.0714. The fourth-order valence-corrected chi connectivity index (χ4v) is 2.00. The Kier molecular flexibility index (Phi) is 4.24. The van der Waals surface area contributed by atoms with E-state index in [0.29, 0.717) is 11.4 Å². The van der Waals surface area contributed by atoms with E-state index in [1.165, 1.54) is 19.2 Å². The van der Waals surface area contributed by atoms with Crippen LogP contribution in [0.2, 0.25) is 0 Å². The number of amides is 1. The monoisotopic (exact) mass is 338 g/mol. The Balaban J connectivity index is 2.27. The molecule has 0 unspecified atom stereocenters. The molecule has 0 aliphatic heterocycles. The van der Waals surface area contributed by atoms with E-state index in [1.807, 2.05) is 0 Å². The van der Waals surface area contributed by atoms with Crippen molar-refractivity contribution in [3.8, 4) is 5.75 Å². The van der Waals surface area contributed by atoms with Gasteiger partial charge in [0.1, 0.15) is 11.6 Å². The van der Waals surface area contributed by atoms with E-state index in [1.54, 1.807) is 18.2 Å². The maximum Gasteiger partial charge on any atom is 0.255 e. The van der Waals surface area contributed by atoms with Crippen LogP contribution in [-0.4, -0.2) is 13.0 Å². The third-order valence-electron chi connectivity index (χ3n) is 2.67. The molecule has 0 atom stereocenters. The summed E-state index contributed by atoms with van der Waals surface area (Å²) in [5.74, 6) is -0.559. The number of benzene rings is 2. The Morgan fingerprint density at radius 1 is 1.30 bits per heavy atom. The van der Waals surface area contributed by atoms with Crippen LogP contribution < -0.4 is 15.8 Å². The standard InChI is InChI=1S/C14H12BrFN2O2/c1-20-13-5-3-9(15)7-12(13)18-14(19)8-2-4-11(17)10(16)6-8/h2-7H,17H2,1H3,(H,18,19). The van der Waals surface area contributed by atoms with Gasteiger partial charge in [-0.05, 0) is 36.4 Å². The first-order valence-corrected chi connectivity index (χ1v) is 6.50. The van der Waals surface area contributed by atoms with Crippen molar-refractivity contribution in [2.45, 2.75) is 0 Å². The predicted molar refractivity (Wildman–Crippen MR) is 79.5 cm³/mol. The molecular weight excluding hydrogens is 327 g/mol. The highest BCUT2D eigenvalue weighted by Gasteiger charge is 2.12. The number of nitrogen functional groups attached to an aromatic ring is 1. The Bertz CT molecular complexity index is 662. The molecule has 20 heavy (non-hydrogen) atoms. The van der Waals surface area contributed by atoms with Crippen LogP contribution in [0.4, 0.5) is 15.8 Å². The lowest BCUT2D eigenvalue weighted by Gasteiger charge is -2.11. The van der Waals surface area contributed by atoms with Crippen molar-refractivity contribution in [3.05, 3.63) is 52.3 Å². The average molecular weight is 339 g/mol. The summed E-state index contributed by atoms with van der Waals surface area (Å²) in [4.78, 5) is 12.1. The molecule has 0 spiro atoms. The van der Waals surface area contributed by atoms with Gasteiger partial charge in [-0.3, -0.25) is 4.79 Å². The van der Waals surface area contributed by atoms with E-state index in [4.69, 9.17) is 10.5 Å². The Morgan fingerprint density at radius 2 is 2.05 bits per heavy atom. The number of halogens is 2. The topological polar surface area (TPSA) is 64.3 Å². The van der Waals surface area contributed by atoms with E-state index in [-0.39, 0.29) is 11.3 Å². The lowest BCUT2D eigenvalue weighted by molar-refractivity contribution is 0.102. The minimum atomic E-state index is -0.626. The van der Waals surface area contributed by atoms with Gasteiger partial charge >= 0.3 is 0 Å². The Morgan fingerprint density at radius 3 is 2.70 bits per heavy atom. The zero-order valence-corrected chi connectivity index (χ0v) is 12.2. The molecule has 2 aromatic carbocycles. The highest BCUT2D eigenvalue weighted by molar-refractivity contribution is 9.10. The quantitative estimate of drug-likeness (QED) is 0.842. The molecule has 104 valence electrons. The zero-order valence-electron chi connectivity index (χ0n) is 10.6. The number of ether oxygens (including phenoxy) is 1. The first-order valence-electron chi connectivity index (χ1n) is 5.71. The average Bonchev–Trinajstić information content (AvgIpc) is 2.42. The third kappa shape index (κ3) is 3.08. The minimum absolute atomic E-state index is 0.00147. The van der Waals surface area contributed by atoms with E-state index in [9.17, 15) is 9.18 Å². The van der Waals surface area contributed by atoms with Gasteiger partial charge in [-0.1, -0.05) is 15.9 Å². The molecule has 2 aromatic rings. The van der Waals surface area contributed by atoms with Crippen LogP contribution in [0.15, 0.2) is 40.9 Å². The summed E-state index contributed by atoms with van der Waals surface area (Å²) in [5, 5.41) is 2.66. The first-order chi connectivity index (χ1) is 9.51. The summed E-state index contributed by atoms with van der Waals surface area (Å²) in [7, 11) is 1.50. The van der Waals surface area contributed by atoms with Crippen LogP contribution in [-0.2, 0) is 0 Å². The van der Waals surface area contributed by atoms with Crippen LogP contribution in [0.5, 0.6) is 5.75 Å². The Hall–Kier alpha value is -2.08. The number of nitrogens with one attached hydrogen (secondary N) is 1. The van der Waals surface area contributed by atoms with Gasteiger partial charge in [0.2, 0.25) is 0 Å². The largest absolute Gasteiger partial charge is 0.495 e. The van der Waals surface area contributed by atoms with Gasteiger partial charge in [0.05, 0.1) is 18.5 Å². The van der Waals surface area contributed by atoms with E-state index in [2.05, 4.69) is 21.2 Å². The van der Waals surface area contributed by atoms with Crippen molar-refractivity contribution in [2.75, 3.05) is 18.2 Å². The van der Waals surface area contributed by atoms with Crippen molar-refractivity contribution in [1.82, 2.24) is 0 Å². The summed E-state index contributed by atoms with van der Waals surface area (Å²) < 4.78 is 19.3. The number of carbonyl (C=O) groups excluding carboxylic acids is 1. The number of hydrogen-bond acceptors (Lipinski definition) is 3. The molecule has 0 bridgehead atoms. The van der Waals surface area contributed by atoms with Gasteiger partial charge in [0, 0.05) is 10.0 Å². The summed E-state index contributed by atoms with van der Waals surface area (Å²) in [6.07, 6.45) is 0. The summed E-state index contributed by atoms with van der Waals surface area (Å²) in [6, 6.07) is 9.10. The normalized spacial score (nSPS) is 10.2.